The highest BCUT2D eigenvalue weighted by atomic mass is 32.2. The van der Waals surface area contributed by atoms with Crippen molar-refractivity contribution in [1.82, 2.24) is 15.5 Å². The smallest absolute Gasteiger partial charge is 0.234 e. The molecule has 0 radical (unpaired) electrons. The zero-order valence-corrected chi connectivity index (χ0v) is 11.9. The molecule has 18 heavy (non-hydrogen) atoms. The van der Waals surface area contributed by atoms with E-state index in [-0.39, 0.29) is 17.7 Å². The van der Waals surface area contributed by atoms with Crippen molar-refractivity contribution in [3.63, 3.8) is 0 Å². The molecule has 1 atom stereocenters. The van der Waals surface area contributed by atoms with Gasteiger partial charge in [-0.15, -0.1) is 0 Å². The van der Waals surface area contributed by atoms with Crippen LogP contribution in [0.4, 0.5) is 0 Å². The summed E-state index contributed by atoms with van der Waals surface area (Å²) in [7, 11) is -3.05. The molecular weight excluding hydrogens is 254 g/mol. The van der Waals surface area contributed by atoms with E-state index in [1.54, 1.807) is 6.92 Å². The molecule has 7 heteroatoms. The molecule has 1 saturated heterocycles. The zero-order chi connectivity index (χ0) is 13.6. The first-order valence-corrected chi connectivity index (χ1v) is 8.33. The lowest BCUT2D eigenvalue weighted by molar-refractivity contribution is -0.122. The SMILES string of the molecule is CC(CS(C)(=O)=O)NC(=O)CN1CCCNCC1. The van der Waals surface area contributed by atoms with Crippen molar-refractivity contribution in [2.24, 2.45) is 0 Å². The molecule has 1 aliphatic rings. The fourth-order valence-corrected chi connectivity index (χ4v) is 3.07. The number of nitrogens with zero attached hydrogens (tertiary/aromatic N) is 1. The van der Waals surface area contributed by atoms with Gasteiger partial charge in [0.05, 0.1) is 12.3 Å². The zero-order valence-electron chi connectivity index (χ0n) is 11.1. The monoisotopic (exact) mass is 277 g/mol. The normalized spacial score (nSPS) is 20.1. The molecule has 0 aromatic carbocycles. The lowest BCUT2D eigenvalue weighted by atomic mass is 10.3. The summed E-state index contributed by atoms with van der Waals surface area (Å²) >= 11 is 0. The van der Waals surface area contributed by atoms with Crippen LogP contribution in [0.25, 0.3) is 0 Å². The lowest BCUT2D eigenvalue weighted by Gasteiger charge is -2.20. The van der Waals surface area contributed by atoms with Gasteiger partial charge in [0, 0.05) is 25.4 Å². The molecule has 6 nitrogen and oxygen atoms in total. The largest absolute Gasteiger partial charge is 0.352 e. The van der Waals surface area contributed by atoms with E-state index < -0.39 is 9.84 Å². The number of hydrogen-bond acceptors (Lipinski definition) is 5. The highest BCUT2D eigenvalue weighted by molar-refractivity contribution is 7.90. The predicted octanol–water partition coefficient (Wildman–Crippen LogP) is -1.17. The second-order valence-electron chi connectivity index (χ2n) is 4.94. The fraction of sp³-hybridized carbons (Fsp3) is 0.909. The van der Waals surface area contributed by atoms with Gasteiger partial charge in [0.2, 0.25) is 5.91 Å². The maximum atomic E-state index is 11.8. The molecule has 0 aliphatic carbocycles. The van der Waals surface area contributed by atoms with Gasteiger partial charge in [0.1, 0.15) is 9.84 Å². The van der Waals surface area contributed by atoms with Crippen molar-refractivity contribution < 1.29 is 13.2 Å². The third-order valence-corrected chi connectivity index (χ3v) is 3.87. The second kappa shape index (κ2) is 7.06. The Hall–Kier alpha value is -0.660. The average molecular weight is 277 g/mol. The lowest BCUT2D eigenvalue weighted by Crippen LogP contribution is -2.44. The van der Waals surface area contributed by atoms with Crippen molar-refractivity contribution in [2.45, 2.75) is 19.4 Å². The van der Waals surface area contributed by atoms with Gasteiger partial charge in [-0.25, -0.2) is 8.42 Å². The summed E-state index contributed by atoms with van der Waals surface area (Å²) in [5.41, 5.74) is 0. The van der Waals surface area contributed by atoms with Gasteiger partial charge in [-0.1, -0.05) is 0 Å². The summed E-state index contributed by atoms with van der Waals surface area (Å²) in [6.07, 6.45) is 2.21. The van der Waals surface area contributed by atoms with E-state index in [0.717, 1.165) is 32.6 Å². The first-order valence-electron chi connectivity index (χ1n) is 6.27. The van der Waals surface area contributed by atoms with Gasteiger partial charge >= 0.3 is 0 Å². The Morgan fingerprint density at radius 3 is 2.78 bits per heavy atom. The van der Waals surface area contributed by atoms with Crippen molar-refractivity contribution in [1.29, 1.82) is 0 Å². The van der Waals surface area contributed by atoms with Gasteiger partial charge < -0.3 is 10.6 Å². The Kier molecular flexibility index (Phi) is 6.04. The molecule has 0 aromatic heterocycles. The summed E-state index contributed by atoms with van der Waals surface area (Å²) in [6.45, 7) is 5.70. The van der Waals surface area contributed by atoms with Gasteiger partial charge in [0.25, 0.3) is 0 Å². The van der Waals surface area contributed by atoms with E-state index in [2.05, 4.69) is 15.5 Å². The maximum absolute atomic E-state index is 11.8. The van der Waals surface area contributed by atoms with E-state index in [1.165, 1.54) is 6.26 Å². The van der Waals surface area contributed by atoms with Gasteiger partial charge in [-0.3, -0.25) is 9.69 Å². The van der Waals surface area contributed by atoms with Crippen LogP contribution in [0.5, 0.6) is 0 Å². The highest BCUT2D eigenvalue weighted by Crippen LogP contribution is 1.96. The summed E-state index contributed by atoms with van der Waals surface area (Å²) < 4.78 is 22.2. The van der Waals surface area contributed by atoms with E-state index in [9.17, 15) is 13.2 Å². The number of sulfone groups is 1. The van der Waals surface area contributed by atoms with Crippen molar-refractivity contribution >= 4 is 15.7 Å². The Balaban J connectivity index is 2.31. The first kappa shape index (κ1) is 15.4. The summed E-state index contributed by atoms with van der Waals surface area (Å²) in [5, 5.41) is 5.99. The molecule has 106 valence electrons. The number of amides is 1. The molecule has 1 amide bonds. The van der Waals surface area contributed by atoms with Crippen molar-refractivity contribution in [2.75, 3.05) is 44.7 Å². The van der Waals surface area contributed by atoms with Crippen LogP contribution >= 0.6 is 0 Å². The molecule has 0 bridgehead atoms. The topological polar surface area (TPSA) is 78.5 Å². The minimum absolute atomic E-state index is 0.0136. The van der Waals surface area contributed by atoms with Crippen LogP contribution in [-0.4, -0.2) is 70.0 Å². The molecule has 0 spiro atoms. The standard InChI is InChI=1S/C11H23N3O3S/c1-10(9-18(2,16)17)13-11(15)8-14-6-3-4-12-5-7-14/h10,12H,3-9H2,1-2H3,(H,13,15). The molecule has 1 heterocycles. The van der Waals surface area contributed by atoms with E-state index in [0.29, 0.717) is 6.54 Å². The maximum Gasteiger partial charge on any atom is 0.234 e. The Bertz CT molecular complexity index is 362. The van der Waals surface area contributed by atoms with Crippen LogP contribution in [0.1, 0.15) is 13.3 Å². The highest BCUT2D eigenvalue weighted by Gasteiger charge is 2.16. The summed E-state index contributed by atoms with van der Waals surface area (Å²) in [4.78, 5) is 13.8. The summed E-state index contributed by atoms with van der Waals surface area (Å²) in [5.74, 6) is -0.117. The fourth-order valence-electron chi connectivity index (χ4n) is 2.08. The number of carbonyl (C=O) groups is 1. The second-order valence-corrected chi connectivity index (χ2v) is 7.13. The minimum Gasteiger partial charge on any atom is -0.352 e. The Morgan fingerprint density at radius 2 is 2.11 bits per heavy atom. The number of rotatable bonds is 5. The van der Waals surface area contributed by atoms with E-state index in [4.69, 9.17) is 0 Å². The average Bonchev–Trinajstić information content (AvgIpc) is 2.42. The molecular formula is C11H23N3O3S. The number of hydrogen-bond donors (Lipinski definition) is 2. The van der Waals surface area contributed by atoms with Gasteiger partial charge in [0.15, 0.2) is 0 Å². The Labute approximate surface area is 109 Å². The van der Waals surface area contributed by atoms with Crippen LogP contribution in [0.2, 0.25) is 0 Å². The number of carbonyl (C=O) groups excluding carboxylic acids is 1. The molecule has 0 saturated carbocycles. The quantitative estimate of drug-likeness (QED) is 0.662. The van der Waals surface area contributed by atoms with E-state index >= 15 is 0 Å². The molecule has 1 fully saturated rings. The first-order chi connectivity index (χ1) is 8.37. The van der Waals surface area contributed by atoms with Crippen molar-refractivity contribution in [3.8, 4) is 0 Å². The third kappa shape index (κ3) is 6.93. The molecule has 2 N–H and O–H groups in total. The van der Waals surface area contributed by atoms with Crippen LogP contribution < -0.4 is 10.6 Å². The van der Waals surface area contributed by atoms with E-state index in [1.807, 2.05) is 0 Å². The van der Waals surface area contributed by atoms with Crippen LogP contribution in [-0.2, 0) is 14.6 Å². The van der Waals surface area contributed by atoms with Crippen LogP contribution in [0.3, 0.4) is 0 Å². The molecule has 1 rings (SSSR count). The molecule has 1 aliphatic heterocycles. The minimum atomic E-state index is -3.05. The van der Waals surface area contributed by atoms with Gasteiger partial charge in [-0.05, 0) is 26.4 Å². The van der Waals surface area contributed by atoms with Crippen LogP contribution in [0, 0.1) is 0 Å². The predicted molar refractivity (Wildman–Crippen MR) is 71.2 cm³/mol. The van der Waals surface area contributed by atoms with Gasteiger partial charge in [-0.2, -0.15) is 0 Å². The summed E-state index contributed by atoms with van der Waals surface area (Å²) in [6, 6.07) is -0.336. The Morgan fingerprint density at radius 1 is 1.39 bits per heavy atom. The van der Waals surface area contributed by atoms with Crippen molar-refractivity contribution in [3.05, 3.63) is 0 Å². The third-order valence-electron chi connectivity index (χ3n) is 2.76. The van der Waals surface area contributed by atoms with Crippen LogP contribution in [0.15, 0.2) is 0 Å². The molecule has 0 aromatic rings. The molecule has 1 unspecified atom stereocenters. The number of nitrogens with one attached hydrogen (secondary N) is 2.